The number of anilines is 1. The van der Waals surface area contributed by atoms with Crippen LogP contribution in [0.15, 0.2) is 59.9 Å². The number of ether oxygens (including phenoxy) is 1. The van der Waals surface area contributed by atoms with Gasteiger partial charge < -0.3 is 10.1 Å². The molecule has 3 heterocycles. The monoisotopic (exact) mass is 469 g/mol. The van der Waals surface area contributed by atoms with Crippen LogP contribution in [-0.2, 0) is 16.6 Å². The zero-order chi connectivity index (χ0) is 23.3. The van der Waals surface area contributed by atoms with Crippen LogP contribution in [-0.4, -0.2) is 53.6 Å². The second-order valence-corrected chi connectivity index (χ2v) is 9.83. The van der Waals surface area contributed by atoms with Crippen molar-refractivity contribution in [3.05, 3.63) is 66.1 Å². The lowest BCUT2D eigenvalue weighted by molar-refractivity contribution is 0.102. The summed E-state index contributed by atoms with van der Waals surface area (Å²) in [4.78, 5) is 17.1. The van der Waals surface area contributed by atoms with Crippen LogP contribution in [0.25, 0.3) is 0 Å². The van der Waals surface area contributed by atoms with Gasteiger partial charge in [-0.3, -0.25) is 14.5 Å². The van der Waals surface area contributed by atoms with E-state index in [4.69, 9.17) is 4.74 Å². The maximum atomic E-state index is 13.2. The average molecular weight is 470 g/mol. The molecule has 2 aromatic heterocycles. The number of benzene rings is 1. The van der Waals surface area contributed by atoms with Crippen molar-refractivity contribution >= 4 is 21.7 Å². The third-order valence-corrected chi connectivity index (χ3v) is 7.49. The van der Waals surface area contributed by atoms with E-state index in [1.807, 2.05) is 12.1 Å². The van der Waals surface area contributed by atoms with Gasteiger partial charge in [0.2, 0.25) is 10.0 Å². The molecule has 1 N–H and O–H groups in total. The number of hydrogen-bond acceptors (Lipinski definition) is 6. The number of amides is 1. The summed E-state index contributed by atoms with van der Waals surface area (Å²) in [5.74, 6) is 0.157. The van der Waals surface area contributed by atoms with Gasteiger partial charge in [-0.25, -0.2) is 8.42 Å². The molecule has 0 aliphatic carbocycles. The van der Waals surface area contributed by atoms with Gasteiger partial charge in [0, 0.05) is 37.7 Å². The minimum atomic E-state index is -3.70. The second kappa shape index (κ2) is 10.1. The maximum Gasteiger partial charge on any atom is 0.260 e. The molecule has 3 aromatic rings. The molecule has 0 saturated carbocycles. The Balaban J connectivity index is 1.53. The van der Waals surface area contributed by atoms with Gasteiger partial charge in [-0.1, -0.05) is 12.8 Å². The number of sulfonamides is 1. The van der Waals surface area contributed by atoms with E-state index in [2.05, 4.69) is 15.4 Å². The zero-order valence-corrected chi connectivity index (χ0v) is 19.3. The van der Waals surface area contributed by atoms with E-state index in [9.17, 15) is 13.2 Å². The molecule has 0 radical (unpaired) electrons. The van der Waals surface area contributed by atoms with E-state index in [1.54, 1.807) is 29.3 Å². The molecule has 4 rings (SSSR count). The summed E-state index contributed by atoms with van der Waals surface area (Å²) in [5, 5.41) is 7.11. The lowest BCUT2D eigenvalue weighted by Crippen LogP contribution is -2.32. The minimum absolute atomic E-state index is 0.0820. The zero-order valence-electron chi connectivity index (χ0n) is 18.5. The van der Waals surface area contributed by atoms with Crippen molar-refractivity contribution in [2.24, 2.45) is 0 Å². The van der Waals surface area contributed by atoms with Gasteiger partial charge in [0.1, 0.15) is 5.75 Å². The van der Waals surface area contributed by atoms with Crippen LogP contribution in [0.5, 0.6) is 5.75 Å². The summed E-state index contributed by atoms with van der Waals surface area (Å²) in [6, 6.07) is 9.84. The van der Waals surface area contributed by atoms with E-state index in [-0.39, 0.29) is 10.5 Å². The number of methoxy groups -OCH3 is 1. The summed E-state index contributed by atoms with van der Waals surface area (Å²) in [5.41, 5.74) is 1.16. The van der Waals surface area contributed by atoms with E-state index in [1.165, 1.54) is 29.6 Å². The number of pyridine rings is 1. The minimum Gasteiger partial charge on any atom is -0.496 e. The van der Waals surface area contributed by atoms with Gasteiger partial charge in [0.05, 0.1) is 24.1 Å². The van der Waals surface area contributed by atoms with E-state index in [0.29, 0.717) is 31.2 Å². The van der Waals surface area contributed by atoms with Crippen molar-refractivity contribution in [1.82, 2.24) is 19.1 Å². The third-order valence-electron chi connectivity index (χ3n) is 5.59. The molecule has 0 unspecified atom stereocenters. The molecule has 1 saturated heterocycles. The van der Waals surface area contributed by atoms with Crippen molar-refractivity contribution in [3.63, 3.8) is 0 Å². The summed E-state index contributed by atoms with van der Waals surface area (Å²) in [6.45, 7) is 1.51. The Labute approximate surface area is 193 Å². The van der Waals surface area contributed by atoms with Crippen molar-refractivity contribution in [1.29, 1.82) is 0 Å². The molecule has 0 spiro atoms. The van der Waals surface area contributed by atoms with Gasteiger partial charge >= 0.3 is 0 Å². The summed E-state index contributed by atoms with van der Waals surface area (Å²) in [7, 11) is -2.25. The van der Waals surface area contributed by atoms with E-state index < -0.39 is 15.9 Å². The summed E-state index contributed by atoms with van der Waals surface area (Å²) >= 11 is 0. The van der Waals surface area contributed by atoms with E-state index in [0.717, 1.165) is 31.2 Å². The van der Waals surface area contributed by atoms with Crippen molar-refractivity contribution in [3.8, 4) is 5.75 Å². The van der Waals surface area contributed by atoms with Crippen LogP contribution in [0.3, 0.4) is 0 Å². The predicted molar refractivity (Wildman–Crippen MR) is 124 cm³/mol. The Kier molecular flexibility index (Phi) is 7.05. The first-order chi connectivity index (χ1) is 16.0. The number of carbonyl (C=O) groups is 1. The number of hydrogen-bond donors (Lipinski definition) is 1. The summed E-state index contributed by atoms with van der Waals surface area (Å²) < 4.78 is 34.9. The molecule has 9 nitrogen and oxygen atoms in total. The predicted octanol–water partition coefficient (Wildman–Crippen LogP) is 3.15. The van der Waals surface area contributed by atoms with Crippen LogP contribution in [0, 0.1) is 0 Å². The number of carbonyl (C=O) groups excluding carboxylic acids is 1. The largest absolute Gasteiger partial charge is 0.496 e. The Bertz CT molecular complexity index is 1200. The standard InChI is InChI=1S/C23H27N5O4S/c1-32-21-7-6-19(33(30,31)28-13-4-2-3-5-14-28)16-20(21)23(29)25-22-10-15-27(26-22)17-18-8-11-24-12-9-18/h6-12,15-16H,2-5,13-14,17H2,1H3,(H,25,26,29). The van der Waals surface area contributed by atoms with Gasteiger partial charge in [0.15, 0.2) is 5.82 Å². The number of nitrogens with zero attached hydrogens (tertiary/aromatic N) is 4. The van der Waals surface area contributed by atoms with Crippen molar-refractivity contribution in [2.75, 3.05) is 25.5 Å². The molecule has 10 heteroatoms. The molecule has 1 aromatic carbocycles. The first-order valence-corrected chi connectivity index (χ1v) is 12.3. The lowest BCUT2D eigenvalue weighted by atomic mass is 10.2. The average Bonchev–Trinajstić information content (AvgIpc) is 3.07. The van der Waals surface area contributed by atoms with Crippen LogP contribution >= 0.6 is 0 Å². The lowest BCUT2D eigenvalue weighted by Gasteiger charge is -2.20. The number of nitrogens with one attached hydrogen (secondary N) is 1. The van der Waals surface area contributed by atoms with E-state index >= 15 is 0 Å². The van der Waals surface area contributed by atoms with Gasteiger partial charge in [-0.05, 0) is 48.7 Å². The normalized spacial score (nSPS) is 15.1. The molecule has 1 amide bonds. The van der Waals surface area contributed by atoms with Crippen LogP contribution < -0.4 is 10.1 Å². The Morgan fingerprint density at radius 1 is 1.06 bits per heavy atom. The van der Waals surface area contributed by atoms with Crippen LogP contribution in [0.2, 0.25) is 0 Å². The summed E-state index contributed by atoms with van der Waals surface area (Å²) in [6.07, 6.45) is 8.90. The molecule has 1 aliphatic rings. The Morgan fingerprint density at radius 3 is 2.48 bits per heavy atom. The van der Waals surface area contributed by atoms with Crippen molar-refractivity contribution < 1.29 is 17.9 Å². The van der Waals surface area contributed by atoms with Gasteiger partial charge in [-0.2, -0.15) is 9.40 Å². The molecular weight excluding hydrogens is 442 g/mol. The first-order valence-electron chi connectivity index (χ1n) is 10.9. The van der Waals surface area contributed by atoms with Crippen LogP contribution in [0.4, 0.5) is 5.82 Å². The number of rotatable bonds is 7. The highest BCUT2D eigenvalue weighted by Gasteiger charge is 2.27. The SMILES string of the molecule is COc1ccc(S(=O)(=O)N2CCCCCC2)cc1C(=O)Nc1ccn(Cc2ccncc2)n1. The third kappa shape index (κ3) is 5.40. The number of aromatic nitrogens is 3. The maximum absolute atomic E-state index is 13.2. The topological polar surface area (TPSA) is 106 Å². The smallest absolute Gasteiger partial charge is 0.260 e. The Hall–Kier alpha value is -3.24. The molecule has 33 heavy (non-hydrogen) atoms. The molecule has 0 atom stereocenters. The molecule has 1 aliphatic heterocycles. The molecule has 0 bridgehead atoms. The first kappa shape index (κ1) is 22.9. The van der Waals surface area contributed by atoms with Crippen LogP contribution in [0.1, 0.15) is 41.6 Å². The molecule has 174 valence electrons. The highest BCUT2D eigenvalue weighted by molar-refractivity contribution is 7.89. The highest BCUT2D eigenvalue weighted by Crippen LogP contribution is 2.27. The second-order valence-electron chi connectivity index (χ2n) is 7.89. The highest BCUT2D eigenvalue weighted by atomic mass is 32.2. The quantitative estimate of drug-likeness (QED) is 0.570. The Morgan fingerprint density at radius 2 is 1.79 bits per heavy atom. The fourth-order valence-corrected chi connectivity index (χ4v) is 5.38. The fourth-order valence-electron chi connectivity index (χ4n) is 3.83. The fraction of sp³-hybridized carbons (Fsp3) is 0.348. The van der Waals surface area contributed by atoms with Gasteiger partial charge in [-0.15, -0.1) is 0 Å². The molecule has 1 fully saturated rings. The van der Waals surface area contributed by atoms with Crippen molar-refractivity contribution in [2.45, 2.75) is 37.1 Å². The van der Waals surface area contributed by atoms with Gasteiger partial charge in [0.25, 0.3) is 5.91 Å². The molecular formula is C23H27N5O4S.